The number of aromatic nitrogens is 1. The second kappa shape index (κ2) is 11.7. The summed E-state index contributed by atoms with van der Waals surface area (Å²) < 4.78 is 40.1. The second-order valence-electron chi connectivity index (χ2n) is 6.96. The number of guanidine groups is 1. The molecule has 3 rings (SSSR count). The van der Waals surface area contributed by atoms with E-state index in [1.807, 2.05) is 30.3 Å². The molecule has 2 N–H and O–H groups in total. The van der Waals surface area contributed by atoms with E-state index in [0.717, 1.165) is 23.3 Å². The van der Waals surface area contributed by atoms with E-state index in [1.165, 1.54) is 12.1 Å². The van der Waals surface area contributed by atoms with Gasteiger partial charge in [0, 0.05) is 32.4 Å². The number of alkyl halides is 3. The molecule has 0 atom stereocenters. The largest absolute Gasteiger partial charge is 0.416 e. The molecular formula is C23H24F3IN4O. The topological polar surface area (TPSA) is 58.4 Å². The van der Waals surface area contributed by atoms with Crippen LogP contribution in [-0.4, -0.2) is 17.6 Å². The molecule has 1 heterocycles. The standard InChI is InChI=1S/C23H23F3N4O.HI/c1-27-22(29-15-19-5-4-6-20(13-19)23(24,25)26)28-14-17-8-10-18(11-9-17)16-30-12-3-2-7-21(30)31;/h2-13H,14-16H2,1H3,(H2,27,28,29);1H. The molecular weight excluding hydrogens is 532 g/mol. The zero-order valence-electron chi connectivity index (χ0n) is 17.4. The molecule has 3 aromatic rings. The van der Waals surface area contributed by atoms with Gasteiger partial charge in [-0.3, -0.25) is 9.79 Å². The van der Waals surface area contributed by atoms with Crippen molar-refractivity contribution in [1.82, 2.24) is 15.2 Å². The van der Waals surface area contributed by atoms with E-state index in [9.17, 15) is 18.0 Å². The van der Waals surface area contributed by atoms with E-state index in [1.54, 1.807) is 29.9 Å². The van der Waals surface area contributed by atoms with E-state index in [-0.39, 0.29) is 36.1 Å². The van der Waals surface area contributed by atoms with Crippen LogP contribution in [0.4, 0.5) is 13.2 Å². The Balaban J connectivity index is 0.00000363. The van der Waals surface area contributed by atoms with Crippen molar-refractivity contribution >= 4 is 29.9 Å². The third-order valence-corrected chi connectivity index (χ3v) is 4.67. The Morgan fingerprint density at radius 3 is 2.19 bits per heavy atom. The lowest BCUT2D eigenvalue weighted by atomic mass is 10.1. The first-order valence-electron chi connectivity index (χ1n) is 9.69. The molecule has 1 aromatic heterocycles. The number of pyridine rings is 1. The molecule has 0 radical (unpaired) electrons. The quantitative estimate of drug-likeness (QED) is 0.269. The molecule has 9 heteroatoms. The summed E-state index contributed by atoms with van der Waals surface area (Å²) in [5.41, 5.74) is 1.80. The number of nitrogens with one attached hydrogen (secondary N) is 2. The maximum absolute atomic E-state index is 12.8. The third kappa shape index (κ3) is 7.40. The first-order chi connectivity index (χ1) is 14.8. The fraction of sp³-hybridized carbons (Fsp3) is 0.217. The number of hydrogen-bond acceptors (Lipinski definition) is 2. The van der Waals surface area contributed by atoms with Gasteiger partial charge in [0.05, 0.1) is 12.1 Å². The Bertz CT molecular complexity index is 1100. The summed E-state index contributed by atoms with van der Waals surface area (Å²) in [6.07, 6.45) is -2.62. The van der Waals surface area contributed by atoms with Crippen molar-refractivity contribution in [1.29, 1.82) is 0 Å². The fourth-order valence-electron chi connectivity index (χ4n) is 3.00. The van der Waals surface area contributed by atoms with E-state index in [4.69, 9.17) is 0 Å². The summed E-state index contributed by atoms with van der Waals surface area (Å²) in [6, 6.07) is 18.1. The Kier molecular flexibility index (Phi) is 9.30. The minimum Gasteiger partial charge on any atom is -0.352 e. The second-order valence-corrected chi connectivity index (χ2v) is 6.96. The van der Waals surface area contributed by atoms with Crippen molar-refractivity contribution < 1.29 is 13.2 Å². The Hall–Kier alpha value is -2.82. The number of hydrogen-bond donors (Lipinski definition) is 2. The average Bonchev–Trinajstić information content (AvgIpc) is 2.76. The summed E-state index contributed by atoms with van der Waals surface area (Å²) >= 11 is 0. The zero-order chi connectivity index (χ0) is 22.3. The van der Waals surface area contributed by atoms with Crippen molar-refractivity contribution in [2.24, 2.45) is 4.99 Å². The van der Waals surface area contributed by atoms with Crippen molar-refractivity contribution in [2.45, 2.75) is 25.8 Å². The minimum atomic E-state index is -4.36. The van der Waals surface area contributed by atoms with Crippen LogP contribution in [0, 0.1) is 0 Å². The smallest absolute Gasteiger partial charge is 0.352 e. The molecule has 0 saturated carbocycles. The Morgan fingerprint density at radius 2 is 1.56 bits per heavy atom. The van der Waals surface area contributed by atoms with Crippen LogP contribution in [0.1, 0.15) is 22.3 Å². The molecule has 0 saturated heterocycles. The highest BCUT2D eigenvalue weighted by Gasteiger charge is 2.30. The molecule has 0 bridgehead atoms. The molecule has 2 aromatic carbocycles. The first-order valence-corrected chi connectivity index (χ1v) is 9.69. The van der Waals surface area contributed by atoms with Gasteiger partial charge in [0.1, 0.15) is 0 Å². The van der Waals surface area contributed by atoms with Crippen molar-refractivity contribution in [2.75, 3.05) is 7.05 Å². The van der Waals surface area contributed by atoms with Crippen LogP contribution in [0.3, 0.4) is 0 Å². The van der Waals surface area contributed by atoms with Gasteiger partial charge < -0.3 is 15.2 Å². The lowest BCUT2D eigenvalue weighted by Gasteiger charge is -2.13. The molecule has 0 aliphatic rings. The summed E-state index contributed by atoms with van der Waals surface area (Å²) in [5.74, 6) is 0.484. The summed E-state index contributed by atoms with van der Waals surface area (Å²) in [5, 5.41) is 6.16. The monoisotopic (exact) mass is 556 g/mol. The normalized spacial score (nSPS) is 11.6. The van der Waals surface area contributed by atoms with Gasteiger partial charge in [0.25, 0.3) is 5.56 Å². The van der Waals surface area contributed by atoms with E-state index < -0.39 is 11.7 Å². The number of aliphatic imine (C=N–C) groups is 1. The van der Waals surface area contributed by atoms with Crippen LogP contribution in [0.2, 0.25) is 0 Å². The molecule has 0 fully saturated rings. The molecule has 0 unspecified atom stereocenters. The van der Waals surface area contributed by atoms with Crippen LogP contribution in [0.15, 0.2) is 82.7 Å². The minimum absolute atomic E-state index is 0. The Labute approximate surface area is 201 Å². The van der Waals surface area contributed by atoms with Gasteiger partial charge >= 0.3 is 6.18 Å². The molecule has 32 heavy (non-hydrogen) atoms. The van der Waals surface area contributed by atoms with E-state index in [2.05, 4.69) is 15.6 Å². The lowest BCUT2D eigenvalue weighted by Crippen LogP contribution is -2.36. The van der Waals surface area contributed by atoms with Crippen molar-refractivity contribution in [3.8, 4) is 0 Å². The molecule has 170 valence electrons. The number of halogens is 4. The zero-order valence-corrected chi connectivity index (χ0v) is 19.7. The van der Waals surface area contributed by atoms with Crippen molar-refractivity contribution in [3.63, 3.8) is 0 Å². The summed E-state index contributed by atoms with van der Waals surface area (Å²) in [7, 11) is 1.60. The molecule has 0 aliphatic heterocycles. The number of rotatable bonds is 6. The Morgan fingerprint density at radius 1 is 0.906 bits per heavy atom. The average molecular weight is 556 g/mol. The van der Waals surface area contributed by atoms with Gasteiger partial charge in [-0.1, -0.05) is 42.5 Å². The molecule has 5 nitrogen and oxygen atoms in total. The molecule has 0 spiro atoms. The van der Waals surface area contributed by atoms with Gasteiger partial charge in [-0.25, -0.2) is 0 Å². The van der Waals surface area contributed by atoms with E-state index in [0.29, 0.717) is 24.6 Å². The van der Waals surface area contributed by atoms with Crippen LogP contribution < -0.4 is 16.2 Å². The van der Waals surface area contributed by atoms with Gasteiger partial charge in [-0.15, -0.1) is 24.0 Å². The summed E-state index contributed by atoms with van der Waals surface area (Å²) in [4.78, 5) is 15.9. The fourth-order valence-corrected chi connectivity index (χ4v) is 3.00. The van der Waals surface area contributed by atoms with Gasteiger partial charge in [-0.2, -0.15) is 13.2 Å². The van der Waals surface area contributed by atoms with Crippen molar-refractivity contribution in [3.05, 3.63) is 106 Å². The van der Waals surface area contributed by atoms with E-state index >= 15 is 0 Å². The predicted octanol–water partition coefficient (Wildman–Crippen LogP) is 4.40. The van der Waals surface area contributed by atoms with Crippen LogP contribution in [-0.2, 0) is 25.8 Å². The van der Waals surface area contributed by atoms with Crippen LogP contribution in [0.5, 0.6) is 0 Å². The predicted molar refractivity (Wildman–Crippen MR) is 130 cm³/mol. The SMILES string of the molecule is CN=C(NCc1ccc(Cn2ccccc2=O)cc1)NCc1cccc(C(F)(F)F)c1.I. The maximum Gasteiger partial charge on any atom is 0.416 e. The number of benzene rings is 2. The van der Waals surface area contributed by atoms with Gasteiger partial charge in [0.2, 0.25) is 0 Å². The number of nitrogens with zero attached hydrogens (tertiary/aromatic N) is 2. The highest BCUT2D eigenvalue weighted by molar-refractivity contribution is 14.0. The summed E-state index contributed by atoms with van der Waals surface area (Å²) in [6.45, 7) is 1.20. The van der Waals surface area contributed by atoms with Gasteiger partial charge in [-0.05, 0) is 34.9 Å². The highest BCUT2D eigenvalue weighted by Crippen LogP contribution is 2.29. The van der Waals surface area contributed by atoms with Gasteiger partial charge in [0.15, 0.2) is 5.96 Å². The van der Waals surface area contributed by atoms with Crippen LogP contribution >= 0.6 is 24.0 Å². The third-order valence-electron chi connectivity index (χ3n) is 4.67. The lowest BCUT2D eigenvalue weighted by molar-refractivity contribution is -0.137. The highest BCUT2D eigenvalue weighted by atomic mass is 127. The molecule has 0 amide bonds. The first kappa shape index (κ1) is 25.4. The maximum atomic E-state index is 12.8. The van der Waals surface area contributed by atoms with Crippen LogP contribution in [0.25, 0.3) is 0 Å². The molecule has 0 aliphatic carbocycles.